The third-order valence-electron chi connectivity index (χ3n) is 8.10. The third kappa shape index (κ3) is 3.51. The Morgan fingerprint density at radius 2 is 1.78 bits per heavy atom. The minimum atomic E-state index is -0.880. The molecule has 6 nitrogen and oxygen atoms in total. The third-order valence-corrected chi connectivity index (χ3v) is 8.10. The quantitative estimate of drug-likeness (QED) is 0.677. The van der Waals surface area contributed by atoms with Gasteiger partial charge in [0.15, 0.2) is 0 Å². The van der Waals surface area contributed by atoms with Gasteiger partial charge in [-0.25, -0.2) is 0 Å². The topological polar surface area (TPSA) is 89.9 Å². The van der Waals surface area contributed by atoms with E-state index in [-0.39, 0.29) is 41.6 Å². The van der Waals surface area contributed by atoms with E-state index in [2.05, 4.69) is 26.1 Å². The summed E-state index contributed by atoms with van der Waals surface area (Å²) in [6.07, 6.45) is 5.94. The fourth-order valence-corrected chi connectivity index (χ4v) is 5.95. The zero-order valence-corrected chi connectivity index (χ0v) is 17.0. The predicted octanol–water partition coefficient (Wildman–Crippen LogP) is 1.69. The second kappa shape index (κ2) is 7.70. The number of hydrogen-bond donors (Lipinski definition) is 3. The molecule has 3 aliphatic rings. The van der Waals surface area contributed by atoms with Crippen LogP contribution in [0, 0.1) is 22.7 Å². The molecule has 0 spiro atoms. The minimum Gasteiger partial charge on any atom is -0.394 e. The van der Waals surface area contributed by atoms with Gasteiger partial charge in [-0.15, -0.1) is 0 Å². The van der Waals surface area contributed by atoms with E-state index in [0.717, 1.165) is 38.5 Å². The van der Waals surface area contributed by atoms with Crippen molar-refractivity contribution in [1.29, 1.82) is 0 Å². The first-order valence-electron chi connectivity index (χ1n) is 10.6. The van der Waals surface area contributed by atoms with Gasteiger partial charge in [0, 0.05) is 19.5 Å². The molecule has 0 aromatic heterocycles. The van der Waals surface area contributed by atoms with Crippen molar-refractivity contribution in [2.75, 3.05) is 19.7 Å². The largest absolute Gasteiger partial charge is 0.394 e. The van der Waals surface area contributed by atoms with Crippen LogP contribution < -0.4 is 5.32 Å². The summed E-state index contributed by atoms with van der Waals surface area (Å²) in [6.45, 7) is 7.54. The summed E-state index contributed by atoms with van der Waals surface area (Å²) >= 11 is 0. The van der Waals surface area contributed by atoms with E-state index < -0.39 is 12.1 Å². The number of amides is 2. The molecule has 2 bridgehead atoms. The highest BCUT2D eigenvalue weighted by Gasteiger charge is 2.65. The number of aliphatic hydroxyl groups is 2. The van der Waals surface area contributed by atoms with Crippen LogP contribution in [0.1, 0.15) is 65.7 Å². The van der Waals surface area contributed by atoms with Crippen LogP contribution in [0.2, 0.25) is 0 Å². The van der Waals surface area contributed by atoms with E-state index >= 15 is 0 Å². The first kappa shape index (κ1) is 20.6. The van der Waals surface area contributed by atoms with Gasteiger partial charge in [0.2, 0.25) is 11.8 Å². The number of aliphatic hydroxyl groups excluding tert-OH is 2. The Morgan fingerprint density at radius 1 is 1.15 bits per heavy atom. The molecule has 0 radical (unpaired) electrons. The lowest BCUT2D eigenvalue weighted by atomic mass is 9.70. The van der Waals surface area contributed by atoms with Gasteiger partial charge in [0.05, 0.1) is 12.7 Å². The average Bonchev–Trinajstić information content (AvgIpc) is 2.87. The van der Waals surface area contributed by atoms with E-state index in [1.165, 1.54) is 0 Å². The van der Waals surface area contributed by atoms with Crippen molar-refractivity contribution < 1.29 is 19.8 Å². The Bertz CT molecular complexity index is 571. The fourth-order valence-electron chi connectivity index (χ4n) is 5.95. The van der Waals surface area contributed by atoms with Crippen molar-refractivity contribution in [3.8, 4) is 0 Å². The SMILES string of the molecule is CC1(C)C2CCC1(C)C(O)C2CC(=O)N[C@@H](CO)C(=O)N1CCCCCC1. The van der Waals surface area contributed by atoms with E-state index in [1.807, 2.05) is 0 Å². The summed E-state index contributed by atoms with van der Waals surface area (Å²) in [5.41, 5.74) is -0.142. The van der Waals surface area contributed by atoms with Crippen LogP contribution in [-0.2, 0) is 9.59 Å². The molecule has 4 unspecified atom stereocenters. The van der Waals surface area contributed by atoms with Gasteiger partial charge in [-0.05, 0) is 48.3 Å². The Balaban J connectivity index is 1.60. The highest BCUT2D eigenvalue weighted by molar-refractivity contribution is 5.88. The number of hydrogen-bond acceptors (Lipinski definition) is 4. The number of likely N-dealkylation sites (tertiary alicyclic amines) is 1. The Morgan fingerprint density at radius 3 is 2.30 bits per heavy atom. The smallest absolute Gasteiger partial charge is 0.247 e. The molecule has 3 fully saturated rings. The normalized spacial score (nSPS) is 36.3. The van der Waals surface area contributed by atoms with Crippen LogP contribution >= 0.6 is 0 Å². The zero-order valence-electron chi connectivity index (χ0n) is 17.0. The van der Waals surface area contributed by atoms with Gasteiger partial charge in [-0.2, -0.15) is 0 Å². The van der Waals surface area contributed by atoms with Crippen LogP contribution in [0.15, 0.2) is 0 Å². The first-order valence-corrected chi connectivity index (χ1v) is 10.6. The van der Waals surface area contributed by atoms with Crippen molar-refractivity contribution in [1.82, 2.24) is 10.2 Å². The van der Waals surface area contributed by atoms with Gasteiger partial charge < -0.3 is 20.4 Å². The Kier molecular flexibility index (Phi) is 5.88. The molecule has 0 aromatic rings. The highest BCUT2D eigenvalue weighted by Crippen LogP contribution is 2.68. The fraction of sp³-hybridized carbons (Fsp3) is 0.905. The van der Waals surface area contributed by atoms with E-state index in [4.69, 9.17) is 0 Å². The number of carbonyl (C=O) groups excluding carboxylic acids is 2. The monoisotopic (exact) mass is 380 g/mol. The molecule has 1 saturated heterocycles. The molecule has 154 valence electrons. The first-order chi connectivity index (χ1) is 12.7. The maximum atomic E-state index is 12.7. The molecule has 2 saturated carbocycles. The Labute approximate surface area is 162 Å². The molecule has 2 amide bonds. The second-order valence-electron chi connectivity index (χ2n) is 9.64. The van der Waals surface area contributed by atoms with Crippen molar-refractivity contribution in [3.05, 3.63) is 0 Å². The van der Waals surface area contributed by atoms with Crippen molar-refractivity contribution >= 4 is 11.8 Å². The second-order valence-corrected chi connectivity index (χ2v) is 9.64. The molecule has 2 aliphatic carbocycles. The van der Waals surface area contributed by atoms with Crippen LogP contribution in [-0.4, -0.2) is 58.8 Å². The van der Waals surface area contributed by atoms with Crippen molar-refractivity contribution in [2.24, 2.45) is 22.7 Å². The van der Waals surface area contributed by atoms with Crippen molar-refractivity contribution in [2.45, 2.75) is 77.9 Å². The van der Waals surface area contributed by atoms with Crippen LogP contribution in [0.25, 0.3) is 0 Å². The lowest BCUT2D eigenvalue weighted by molar-refractivity contribution is -0.138. The molecule has 1 aliphatic heterocycles. The number of carbonyl (C=O) groups is 2. The summed E-state index contributed by atoms with van der Waals surface area (Å²) in [5.74, 6) is -0.190. The molecule has 3 N–H and O–H groups in total. The molecule has 1 heterocycles. The molecular weight excluding hydrogens is 344 g/mol. The molecule has 5 atom stereocenters. The van der Waals surface area contributed by atoms with Gasteiger partial charge in [0.25, 0.3) is 0 Å². The number of rotatable bonds is 5. The summed E-state index contributed by atoms with van der Waals surface area (Å²) in [5, 5.41) is 23.3. The predicted molar refractivity (Wildman–Crippen MR) is 103 cm³/mol. The molecule has 0 aromatic carbocycles. The van der Waals surface area contributed by atoms with Crippen LogP contribution in [0.5, 0.6) is 0 Å². The standard InChI is InChI=1S/C21H36N2O4/c1-20(2)15-8-9-21(20,3)18(26)14(15)12-17(25)22-16(13-24)19(27)23-10-6-4-5-7-11-23/h14-16,18,24,26H,4-13H2,1-3H3,(H,22,25)/t14?,15?,16-,18?,21?/m0/s1. The van der Waals surface area contributed by atoms with Crippen LogP contribution in [0.4, 0.5) is 0 Å². The van der Waals surface area contributed by atoms with Gasteiger partial charge in [-0.3, -0.25) is 9.59 Å². The number of nitrogens with zero attached hydrogens (tertiary/aromatic N) is 1. The van der Waals surface area contributed by atoms with Gasteiger partial charge in [-0.1, -0.05) is 33.6 Å². The molecule has 6 heteroatoms. The Hall–Kier alpha value is -1.14. The molecular formula is C21H36N2O4. The van der Waals surface area contributed by atoms with E-state index in [1.54, 1.807) is 4.90 Å². The minimum absolute atomic E-state index is 0.00954. The van der Waals surface area contributed by atoms with E-state index in [9.17, 15) is 19.8 Å². The van der Waals surface area contributed by atoms with Crippen molar-refractivity contribution in [3.63, 3.8) is 0 Å². The summed E-state index contributed by atoms with van der Waals surface area (Å²) in [4.78, 5) is 27.1. The maximum Gasteiger partial charge on any atom is 0.247 e. The number of fused-ring (bicyclic) bond motifs is 2. The van der Waals surface area contributed by atoms with Gasteiger partial charge in [0.1, 0.15) is 6.04 Å². The maximum absolute atomic E-state index is 12.7. The zero-order chi connectivity index (χ0) is 19.8. The highest BCUT2D eigenvalue weighted by atomic mass is 16.3. The number of nitrogens with one attached hydrogen (secondary N) is 1. The summed E-state index contributed by atoms with van der Waals surface area (Å²) in [6, 6.07) is -0.880. The molecule has 27 heavy (non-hydrogen) atoms. The van der Waals surface area contributed by atoms with Gasteiger partial charge >= 0.3 is 0 Å². The lowest BCUT2D eigenvalue weighted by Gasteiger charge is -2.37. The average molecular weight is 381 g/mol. The summed E-state index contributed by atoms with van der Waals surface area (Å²) < 4.78 is 0. The van der Waals surface area contributed by atoms with Crippen LogP contribution in [0.3, 0.4) is 0 Å². The van der Waals surface area contributed by atoms with E-state index in [0.29, 0.717) is 19.0 Å². The lowest BCUT2D eigenvalue weighted by Crippen LogP contribution is -2.51. The molecule has 3 rings (SSSR count). The summed E-state index contributed by atoms with van der Waals surface area (Å²) in [7, 11) is 0.